The Labute approximate surface area is 186 Å². The first-order valence-electron chi connectivity index (χ1n) is 10.3. The van der Waals surface area contributed by atoms with Crippen LogP contribution in [0.15, 0.2) is 0 Å². The quantitative estimate of drug-likeness (QED) is 0.358. The van der Waals surface area contributed by atoms with Crippen molar-refractivity contribution in [3.05, 3.63) is 0 Å². The third-order valence-corrected chi connectivity index (χ3v) is 6.30. The van der Waals surface area contributed by atoms with Gasteiger partial charge in [0.15, 0.2) is 5.41 Å². The first-order chi connectivity index (χ1) is 14.4. The molecule has 0 aromatic rings. The van der Waals surface area contributed by atoms with Gasteiger partial charge in [-0.25, -0.2) is 0 Å². The van der Waals surface area contributed by atoms with E-state index in [0.717, 1.165) is 0 Å². The lowest BCUT2D eigenvalue weighted by molar-refractivity contribution is -0.236. The van der Waals surface area contributed by atoms with Crippen LogP contribution in [0.5, 0.6) is 0 Å². The lowest BCUT2D eigenvalue weighted by Gasteiger charge is -2.34. The van der Waals surface area contributed by atoms with Crippen LogP contribution in [0.3, 0.4) is 0 Å². The molecule has 12 heteroatoms. The summed E-state index contributed by atoms with van der Waals surface area (Å²) < 4.78 is 39.7. The minimum absolute atomic E-state index is 0.0893. The molecule has 1 saturated heterocycles. The van der Waals surface area contributed by atoms with E-state index in [-0.39, 0.29) is 31.8 Å². The number of nitrogens with zero attached hydrogens (tertiary/aromatic N) is 2. The third-order valence-electron chi connectivity index (χ3n) is 5.35. The molecule has 4 radical (unpaired) electrons. The average molecular weight is 449 g/mol. The standard InChI is InChI=1S/C19H29B2N2O7P/c1-11(2)26-7-13-5-16(20)19(9-22,10-23)18(13)30-31(24,25)27-8-15-14(28-12(3)4)6-17(21)29-15/h11-18H,5-8H2,1-4H3,(H,24,25)/p-1/t13-,14?,15-,16-,17-,18?/m1/s1. The fourth-order valence-electron chi connectivity index (χ4n) is 3.90. The van der Waals surface area contributed by atoms with E-state index in [9.17, 15) is 20.0 Å². The Bertz CT molecular complexity index is 728. The molecule has 2 rings (SSSR count). The molecule has 1 aliphatic carbocycles. The van der Waals surface area contributed by atoms with E-state index in [1.54, 1.807) is 0 Å². The molecule has 0 spiro atoms. The first-order valence-corrected chi connectivity index (χ1v) is 11.8. The molecular weight excluding hydrogens is 421 g/mol. The molecule has 0 aromatic heterocycles. The highest BCUT2D eigenvalue weighted by molar-refractivity contribution is 7.45. The SMILES string of the molecule is [B][C@@H]1C[C@H](COC(C)C)C(OP(=O)([O-])OC[C@H]2O[C@@H]([B])CC2OC(C)C)C1(C#N)C#N. The van der Waals surface area contributed by atoms with Crippen LogP contribution >= 0.6 is 7.82 Å². The van der Waals surface area contributed by atoms with Gasteiger partial charge >= 0.3 is 0 Å². The number of ether oxygens (including phenoxy) is 3. The summed E-state index contributed by atoms with van der Waals surface area (Å²) in [6.07, 6.45) is -2.10. The van der Waals surface area contributed by atoms with Gasteiger partial charge in [-0.3, -0.25) is 4.57 Å². The van der Waals surface area contributed by atoms with Crippen molar-refractivity contribution in [2.24, 2.45) is 11.3 Å². The molecule has 0 bridgehead atoms. The van der Waals surface area contributed by atoms with Gasteiger partial charge in [0.1, 0.15) is 20.1 Å². The molecule has 1 saturated carbocycles. The molecule has 2 fully saturated rings. The van der Waals surface area contributed by atoms with Gasteiger partial charge in [0.2, 0.25) is 0 Å². The summed E-state index contributed by atoms with van der Waals surface area (Å²) >= 11 is 0. The molecule has 7 atom stereocenters. The number of phosphoric acid groups is 1. The summed E-state index contributed by atoms with van der Waals surface area (Å²) in [6.45, 7) is 7.03. The van der Waals surface area contributed by atoms with Crippen LogP contribution in [0.1, 0.15) is 40.5 Å². The van der Waals surface area contributed by atoms with Crippen LogP contribution in [0.25, 0.3) is 0 Å². The number of nitriles is 2. The van der Waals surface area contributed by atoms with Crippen LogP contribution in [0.4, 0.5) is 0 Å². The number of phosphoric ester groups is 1. The predicted octanol–water partition coefficient (Wildman–Crippen LogP) is 1.37. The average Bonchev–Trinajstić information content (AvgIpc) is 3.14. The van der Waals surface area contributed by atoms with Crippen molar-refractivity contribution in [2.45, 2.75) is 82.9 Å². The summed E-state index contributed by atoms with van der Waals surface area (Å²) in [6, 6.07) is 3.11. The van der Waals surface area contributed by atoms with Gasteiger partial charge in [0.25, 0.3) is 7.82 Å². The second kappa shape index (κ2) is 10.8. The maximum atomic E-state index is 12.6. The molecule has 1 heterocycles. The van der Waals surface area contributed by atoms with Gasteiger partial charge in [-0.05, 0) is 46.4 Å². The molecule has 31 heavy (non-hydrogen) atoms. The van der Waals surface area contributed by atoms with Gasteiger partial charge in [-0.1, -0.05) is 0 Å². The van der Waals surface area contributed by atoms with E-state index in [2.05, 4.69) is 0 Å². The molecule has 0 N–H and O–H groups in total. The van der Waals surface area contributed by atoms with Crippen LogP contribution in [0, 0.1) is 34.0 Å². The Morgan fingerprint density at radius 3 is 2.35 bits per heavy atom. The molecule has 3 unspecified atom stereocenters. The smallest absolute Gasteiger partial charge is 0.268 e. The zero-order valence-electron chi connectivity index (χ0n) is 18.3. The van der Waals surface area contributed by atoms with Gasteiger partial charge in [0, 0.05) is 11.9 Å². The van der Waals surface area contributed by atoms with Crippen LogP contribution in [0.2, 0.25) is 5.82 Å². The fraction of sp³-hybridized carbons (Fsp3) is 0.895. The largest absolute Gasteiger partial charge is 0.756 e. The van der Waals surface area contributed by atoms with E-state index in [0.29, 0.717) is 6.42 Å². The molecule has 168 valence electrons. The van der Waals surface area contributed by atoms with Gasteiger partial charge in [0.05, 0.1) is 51.5 Å². The van der Waals surface area contributed by atoms with Gasteiger partial charge in [-0.15, -0.1) is 0 Å². The first kappa shape index (κ1) is 26.4. The van der Waals surface area contributed by atoms with Crippen molar-refractivity contribution < 1.29 is 32.7 Å². The highest BCUT2D eigenvalue weighted by atomic mass is 31.2. The summed E-state index contributed by atoms with van der Waals surface area (Å²) in [5.74, 6) is -1.47. The summed E-state index contributed by atoms with van der Waals surface area (Å²) in [5, 5.41) is 19.3. The minimum atomic E-state index is -4.93. The second-order valence-electron chi connectivity index (χ2n) is 8.52. The Morgan fingerprint density at radius 1 is 1.16 bits per heavy atom. The fourth-order valence-corrected chi connectivity index (χ4v) is 4.91. The zero-order chi connectivity index (χ0) is 23.4. The summed E-state index contributed by atoms with van der Waals surface area (Å²) in [4.78, 5) is 12.6. The molecule has 2 aliphatic rings. The second-order valence-corrected chi connectivity index (χ2v) is 9.88. The van der Waals surface area contributed by atoms with Crippen LogP contribution < -0.4 is 4.89 Å². The lowest BCUT2D eigenvalue weighted by atomic mass is 9.68. The number of rotatable bonds is 10. The lowest BCUT2D eigenvalue weighted by Crippen LogP contribution is -2.38. The third kappa shape index (κ3) is 6.55. The highest BCUT2D eigenvalue weighted by Crippen LogP contribution is 2.55. The Kier molecular flexibility index (Phi) is 9.19. The highest BCUT2D eigenvalue weighted by Gasteiger charge is 2.56. The van der Waals surface area contributed by atoms with E-state index in [1.807, 2.05) is 39.8 Å². The van der Waals surface area contributed by atoms with Crippen LogP contribution in [-0.2, 0) is 27.8 Å². The molecule has 0 amide bonds. The summed E-state index contributed by atoms with van der Waals surface area (Å²) in [7, 11) is 6.89. The van der Waals surface area contributed by atoms with E-state index >= 15 is 0 Å². The summed E-state index contributed by atoms with van der Waals surface area (Å²) in [5.41, 5.74) is -1.84. The molecule has 1 aliphatic heterocycles. The Balaban J connectivity index is 2.11. The maximum Gasteiger partial charge on any atom is 0.268 e. The maximum absolute atomic E-state index is 12.6. The van der Waals surface area contributed by atoms with Crippen molar-refractivity contribution >= 4 is 23.5 Å². The monoisotopic (exact) mass is 449 g/mol. The predicted molar refractivity (Wildman–Crippen MR) is 110 cm³/mol. The van der Waals surface area contributed by atoms with Crippen molar-refractivity contribution in [3.8, 4) is 12.1 Å². The van der Waals surface area contributed by atoms with E-state index in [4.69, 9.17) is 39.0 Å². The molecule has 0 aromatic carbocycles. The topological polar surface area (TPSA) is 134 Å². The van der Waals surface area contributed by atoms with E-state index < -0.39 is 49.3 Å². The van der Waals surface area contributed by atoms with Gasteiger partial charge in [-0.2, -0.15) is 10.5 Å². The normalized spacial score (nSPS) is 34.5. The minimum Gasteiger partial charge on any atom is -0.756 e. The van der Waals surface area contributed by atoms with Crippen molar-refractivity contribution in [1.82, 2.24) is 0 Å². The van der Waals surface area contributed by atoms with Crippen molar-refractivity contribution in [1.29, 1.82) is 10.5 Å². The Morgan fingerprint density at radius 2 is 1.81 bits per heavy atom. The van der Waals surface area contributed by atoms with E-state index in [1.165, 1.54) is 0 Å². The Hall–Kier alpha value is -0.900. The number of hydrogen-bond acceptors (Lipinski definition) is 9. The van der Waals surface area contributed by atoms with Crippen LogP contribution in [-0.4, -0.2) is 65.4 Å². The van der Waals surface area contributed by atoms with Gasteiger partial charge < -0.3 is 28.2 Å². The number of hydrogen-bond donors (Lipinski definition) is 0. The molecular formula is C19H28B2N2O7P-. The zero-order valence-corrected chi connectivity index (χ0v) is 19.2. The molecule has 9 nitrogen and oxygen atoms in total. The van der Waals surface area contributed by atoms with Crippen molar-refractivity contribution in [3.63, 3.8) is 0 Å². The van der Waals surface area contributed by atoms with Crippen molar-refractivity contribution in [2.75, 3.05) is 13.2 Å².